The highest BCUT2D eigenvalue weighted by atomic mass is 15.1. The average Bonchev–Trinajstić information content (AvgIpc) is 1.65. The van der Waals surface area contributed by atoms with Gasteiger partial charge in [-0.25, -0.2) is 0 Å². The van der Waals surface area contributed by atoms with Crippen molar-refractivity contribution >= 4 is 39.5 Å². The Labute approximate surface area is 515 Å². The number of hydrogen-bond acceptors (Lipinski definition) is 1. The molecule has 4 bridgehead atoms. The van der Waals surface area contributed by atoms with Crippen LogP contribution in [0.2, 0.25) is 0 Å². The van der Waals surface area contributed by atoms with Gasteiger partial charge in [0.25, 0.3) is 0 Å². The summed E-state index contributed by atoms with van der Waals surface area (Å²) >= 11 is 0. The molecule has 0 aliphatic heterocycles. The van der Waals surface area contributed by atoms with Crippen LogP contribution in [0.3, 0.4) is 0 Å². The lowest BCUT2D eigenvalue weighted by Crippen LogP contribution is -2.66. The second kappa shape index (κ2) is 19.6. The van der Waals surface area contributed by atoms with Gasteiger partial charge >= 0.3 is 0 Å². The minimum Gasteiger partial charge on any atom is -0.310 e. The van der Waals surface area contributed by atoms with E-state index in [9.17, 15) is 0 Å². The van der Waals surface area contributed by atoms with E-state index in [1.165, 1.54) is 125 Å². The molecule has 87 heavy (non-hydrogen) atoms. The Bertz CT molecular complexity index is 4610. The summed E-state index contributed by atoms with van der Waals surface area (Å²) in [6.07, 6.45) is 21.6. The lowest BCUT2D eigenvalue weighted by Gasteiger charge is -2.70. The second-order valence-electron chi connectivity index (χ2n) is 27.5. The Morgan fingerprint density at radius 1 is 0.506 bits per heavy atom. The van der Waals surface area contributed by atoms with Gasteiger partial charge in [0.15, 0.2) is 0 Å². The van der Waals surface area contributed by atoms with Crippen LogP contribution in [0, 0.1) is 12.8 Å². The fourth-order valence-electron chi connectivity index (χ4n) is 20.1. The largest absolute Gasteiger partial charge is 0.310 e. The van der Waals surface area contributed by atoms with E-state index in [-0.39, 0.29) is 21.7 Å². The van der Waals surface area contributed by atoms with Crippen molar-refractivity contribution in [3.8, 4) is 44.5 Å². The van der Waals surface area contributed by atoms with Crippen LogP contribution in [0.15, 0.2) is 249 Å². The van der Waals surface area contributed by atoms with Crippen molar-refractivity contribution in [2.75, 3.05) is 4.90 Å². The smallest absolute Gasteiger partial charge is 0.0468 e. The first kappa shape index (κ1) is 52.5. The third-order valence-electron chi connectivity index (χ3n) is 23.1. The monoisotopic (exact) mass is 1120 g/mol. The van der Waals surface area contributed by atoms with Gasteiger partial charge in [-0.1, -0.05) is 233 Å². The van der Waals surface area contributed by atoms with Gasteiger partial charge < -0.3 is 4.90 Å². The van der Waals surface area contributed by atoms with Crippen molar-refractivity contribution in [3.63, 3.8) is 0 Å². The Morgan fingerprint density at radius 3 is 1.83 bits per heavy atom. The van der Waals surface area contributed by atoms with Crippen molar-refractivity contribution < 1.29 is 0 Å². The molecule has 6 atom stereocenters. The number of nitrogens with zero attached hydrogens (tertiary/aromatic N) is 1. The number of aryl methyl sites for hydroxylation is 2. The molecule has 1 heteroatoms. The summed E-state index contributed by atoms with van der Waals surface area (Å²) in [6, 6.07) is 84.5. The van der Waals surface area contributed by atoms with Gasteiger partial charge in [-0.05, 0) is 241 Å². The van der Waals surface area contributed by atoms with Crippen molar-refractivity contribution in [2.45, 2.75) is 119 Å². The molecule has 0 radical (unpaired) electrons. The number of allylic oxidation sites excluding steroid dienone is 6. The van der Waals surface area contributed by atoms with E-state index in [1.807, 2.05) is 0 Å². The maximum absolute atomic E-state index is 4.35. The molecule has 10 aromatic rings. The average molecular weight is 1120 g/mol. The summed E-state index contributed by atoms with van der Waals surface area (Å²) in [5.74, 6) is 1.16. The first-order valence-electron chi connectivity index (χ1n) is 32.5. The topological polar surface area (TPSA) is 3.24 Å². The molecule has 6 unspecified atom stereocenters. The molecule has 3 saturated carbocycles. The van der Waals surface area contributed by atoms with Gasteiger partial charge in [0.05, 0.1) is 0 Å². The van der Waals surface area contributed by atoms with E-state index in [4.69, 9.17) is 0 Å². The van der Waals surface area contributed by atoms with Gasteiger partial charge in [-0.2, -0.15) is 0 Å². The third kappa shape index (κ3) is 7.51. The molecule has 0 amide bonds. The summed E-state index contributed by atoms with van der Waals surface area (Å²) in [6.45, 7) is 13.5. The zero-order valence-electron chi connectivity index (χ0n) is 50.8. The fraction of sp³-hybridized carbons (Fsp3) is 0.233. The predicted molar refractivity (Wildman–Crippen MR) is 367 cm³/mol. The van der Waals surface area contributed by atoms with Crippen molar-refractivity contribution in [1.82, 2.24) is 0 Å². The van der Waals surface area contributed by atoms with E-state index in [0.29, 0.717) is 17.8 Å². The number of benzene rings is 10. The van der Waals surface area contributed by atoms with Crippen LogP contribution < -0.4 is 4.90 Å². The van der Waals surface area contributed by atoms with E-state index in [2.05, 4.69) is 282 Å². The van der Waals surface area contributed by atoms with Crippen molar-refractivity contribution in [2.24, 2.45) is 5.92 Å². The second-order valence-corrected chi connectivity index (χ2v) is 27.5. The molecule has 0 N–H and O–H groups in total. The summed E-state index contributed by atoms with van der Waals surface area (Å²) < 4.78 is 0. The molecular weight excluding hydrogens is 1050 g/mol. The van der Waals surface area contributed by atoms with Crippen LogP contribution in [0.25, 0.3) is 66.9 Å². The lowest BCUT2D eigenvalue weighted by molar-refractivity contribution is -0.0728. The minimum atomic E-state index is -0.211. The zero-order chi connectivity index (χ0) is 58.4. The molecule has 3 fully saturated rings. The molecule has 17 rings (SSSR count). The van der Waals surface area contributed by atoms with Crippen LogP contribution >= 0.6 is 0 Å². The Morgan fingerprint density at radius 2 is 1.09 bits per heavy atom. The summed E-state index contributed by atoms with van der Waals surface area (Å²) in [4.78, 5) is 2.51. The molecule has 1 nitrogen and oxygen atoms in total. The summed E-state index contributed by atoms with van der Waals surface area (Å²) in [5.41, 5.74) is 31.3. The summed E-state index contributed by atoms with van der Waals surface area (Å²) in [5, 5.41) is 2.58. The molecule has 7 aliphatic rings. The maximum Gasteiger partial charge on any atom is 0.0468 e. The Hall–Kier alpha value is -8.78. The molecule has 10 aromatic carbocycles. The fourth-order valence-corrected chi connectivity index (χ4v) is 20.1. The number of hydrogen-bond donors (Lipinski definition) is 0. The molecule has 0 aromatic heterocycles. The van der Waals surface area contributed by atoms with Crippen LogP contribution in [0.4, 0.5) is 17.1 Å². The zero-order valence-corrected chi connectivity index (χ0v) is 50.8. The lowest BCUT2D eigenvalue weighted by atomic mass is 9.33. The number of fused-ring (bicyclic) bond motifs is 14. The predicted octanol–water partition coefficient (Wildman–Crippen LogP) is 22.7. The third-order valence-corrected chi connectivity index (χ3v) is 23.1. The molecular formula is C86H75N. The maximum atomic E-state index is 4.35. The first-order chi connectivity index (χ1) is 42.6. The normalized spacial score (nSPS) is 23.9. The van der Waals surface area contributed by atoms with Crippen molar-refractivity contribution in [1.29, 1.82) is 0 Å². The molecule has 2 spiro atoms. The standard InChI is InChI=1S/C86H75N/c1-6-22-71-74-46-44-63(50-80(74)83(4,5)76(71)7-2)87(62-43-45-68-58(49-62)38-37-56-24-9-11-26-65(56)68)61-41-39-57(40-42-61)69-33-20-36-79-81(69)75-32-15-13-28-67(75)60-52-85(79)48-21-47-84(77-34-18-16-30-72(77)64-25-10-8-23-55(64)3)51-59-53-86(54-60,82(84)85)78-35-19-17-31-73(78)70-29-14-12-27-66(59)70/h6-8,10-20,22-23,25-46,49-50,59-60,82H,2,9,21,24,47-48,51-54H2,1,3-5H3/b22-6-. The van der Waals surface area contributed by atoms with Crippen LogP contribution in [0.5, 0.6) is 0 Å². The minimum absolute atomic E-state index is 0.0975. The van der Waals surface area contributed by atoms with Crippen molar-refractivity contribution in [3.05, 3.63) is 304 Å². The highest BCUT2D eigenvalue weighted by molar-refractivity contribution is 5.97. The van der Waals surface area contributed by atoms with Crippen LogP contribution in [-0.2, 0) is 28.1 Å². The number of anilines is 3. The first-order valence-corrected chi connectivity index (χ1v) is 32.5. The van der Waals surface area contributed by atoms with Crippen LogP contribution in [0.1, 0.15) is 140 Å². The van der Waals surface area contributed by atoms with Gasteiger partial charge in [0.2, 0.25) is 0 Å². The van der Waals surface area contributed by atoms with Gasteiger partial charge in [-0.3, -0.25) is 0 Å². The van der Waals surface area contributed by atoms with Gasteiger partial charge in [0.1, 0.15) is 0 Å². The van der Waals surface area contributed by atoms with E-state index >= 15 is 0 Å². The molecule has 7 aliphatic carbocycles. The van der Waals surface area contributed by atoms with Crippen LogP contribution in [-0.4, -0.2) is 0 Å². The SMILES string of the molecule is C=CC1=C(/C=C\C)c2ccc(N(c3ccc(-c4cccc5c4-c4ccccc4C4CC67CC(CC8(c9ccccc9-c9ccccc9C)CCCC5(C4)C86)c4ccccc4-c4ccccc47)cc3)c3ccc4c5c(ccc4c3)CCC=C5)cc2C1(C)C. The Kier molecular flexibility index (Phi) is 11.8. The highest BCUT2D eigenvalue weighted by Crippen LogP contribution is 2.77. The Balaban J connectivity index is 0.872. The summed E-state index contributed by atoms with van der Waals surface area (Å²) in [7, 11) is 0. The molecule has 0 heterocycles. The van der Waals surface area contributed by atoms with Gasteiger partial charge in [-0.15, -0.1) is 0 Å². The van der Waals surface area contributed by atoms with Gasteiger partial charge in [0, 0.05) is 38.7 Å². The quantitative estimate of drug-likeness (QED) is 0.147. The highest BCUT2D eigenvalue weighted by Gasteiger charge is 2.71. The van der Waals surface area contributed by atoms with E-state index in [0.717, 1.165) is 49.2 Å². The van der Waals surface area contributed by atoms with E-state index in [1.54, 1.807) is 22.3 Å². The van der Waals surface area contributed by atoms with E-state index < -0.39 is 0 Å². The molecule has 0 saturated heterocycles. The number of rotatable bonds is 8. The molecule has 424 valence electrons.